The first-order valence-electron chi connectivity index (χ1n) is 11.1. The second-order valence-electron chi connectivity index (χ2n) is 8.63. The smallest absolute Gasteiger partial charge is 0.244 e. The average Bonchev–Trinajstić information content (AvgIpc) is 2.79. The van der Waals surface area contributed by atoms with Gasteiger partial charge in [-0.15, -0.1) is 0 Å². The third kappa shape index (κ3) is 7.90. The van der Waals surface area contributed by atoms with E-state index in [0.717, 1.165) is 10.6 Å². The van der Waals surface area contributed by atoms with Crippen molar-refractivity contribution in [1.82, 2.24) is 10.2 Å². The number of methoxy groups -OCH3 is 1. The van der Waals surface area contributed by atoms with Crippen LogP contribution in [0.25, 0.3) is 0 Å². The molecule has 8 nitrogen and oxygen atoms in total. The number of hydrogen-bond donors (Lipinski definition) is 1. The van der Waals surface area contributed by atoms with Crippen molar-refractivity contribution in [1.29, 1.82) is 0 Å². The van der Waals surface area contributed by atoms with Crippen LogP contribution in [0.5, 0.6) is 5.75 Å². The topological polar surface area (TPSA) is 96.0 Å². The number of anilines is 1. The monoisotopic (exact) mass is 577 g/mol. The summed E-state index contributed by atoms with van der Waals surface area (Å²) in [4.78, 5) is 27.7. The van der Waals surface area contributed by atoms with E-state index in [1.807, 2.05) is 13.8 Å². The number of halogens is 3. The zero-order valence-electron chi connectivity index (χ0n) is 20.7. The highest BCUT2D eigenvalue weighted by molar-refractivity contribution is 7.92. The molecule has 0 fully saturated rings. The van der Waals surface area contributed by atoms with E-state index in [4.69, 9.17) is 39.5 Å². The summed E-state index contributed by atoms with van der Waals surface area (Å²) < 4.78 is 31.4. The minimum absolute atomic E-state index is 0.103. The van der Waals surface area contributed by atoms with Gasteiger partial charge in [0.1, 0.15) is 18.3 Å². The number of sulfonamides is 1. The van der Waals surface area contributed by atoms with Gasteiger partial charge in [0.2, 0.25) is 21.8 Å². The Morgan fingerprint density at radius 1 is 1.03 bits per heavy atom. The highest BCUT2D eigenvalue weighted by Gasteiger charge is 2.31. The second kappa shape index (κ2) is 12.9. The number of ether oxygens (including phenoxy) is 1. The van der Waals surface area contributed by atoms with Crippen LogP contribution < -0.4 is 14.4 Å². The van der Waals surface area contributed by atoms with Gasteiger partial charge in [-0.3, -0.25) is 13.9 Å². The molecule has 0 saturated heterocycles. The Balaban J connectivity index is 2.45. The Labute approximate surface area is 227 Å². The molecular formula is C24H30Cl3N3O5S. The van der Waals surface area contributed by atoms with E-state index in [1.165, 1.54) is 30.2 Å². The number of carbonyl (C=O) groups excluding carboxylic acids is 2. The number of benzene rings is 2. The Bertz CT molecular complexity index is 1190. The van der Waals surface area contributed by atoms with Gasteiger partial charge in [-0.1, -0.05) is 54.7 Å². The molecule has 198 valence electrons. The van der Waals surface area contributed by atoms with Crippen molar-refractivity contribution in [3.63, 3.8) is 0 Å². The summed E-state index contributed by atoms with van der Waals surface area (Å²) in [5, 5.41) is 3.62. The molecule has 0 aromatic heterocycles. The van der Waals surface area contributed by atoms with E-state index >= 15 is 0 Å². The van der Waals surface area contributed by atoms with Gasteiger partial charge in [0.25, 0.3) is 0 Å². The van der Waals surface area contributed by atoms with Crippen LogP contribution in [-0.4, -0.2) is 57.6 Å². The maximum atomic E-state index is 13.6. The summed E-state index contributed by atoms with van der Waals surface area (Å²) in [6.07, 6.45) is 0.979. The van der Waals surface area contributed by atoms with Gasteiger partial charge in [0, 0.05) is 28.7 Å². The lowest BCUT2D eigenvalue weighted by Crippen LogP contribution is -2.51. The van der Waals surface area contributed by atoms with Gasteiger partial charge in [-0.05, 0) is 43.2 Å². The van der Waals surface area contributed by atoms with E-state index in [-0.39, 0.29) is 23.2 Å². The maximum absolute atomic E-state index is 13.6. The fraction of sp³-hybridized carbons (Fsp3) is 0.417. The van der Waals surface area contributed by atoms with Crippen LogP contribution in [0.4, 0.5) is 5.69 Å². The number of rotatable bonds is 11. The van der Waals surface area contributed by atoms with Gasteiger partial charge in [-0.2, -0.15) is 0 Å². The zero-order chi connectivity index (χ0) is 27.2. The lowest BCUT2D eigenvalue weighted by molar-refractivity contribution is -0.139. The van der Waals surface area contributed by atoms with Gasteiger partial charge in [0.05, 0.1) is 24.1 Å². The molecule has 0 aliphatic carbocycles. The van der Waals surface area contributed by atoms with Crippen LogP contribution in [0.2, 0.25) is 15.1 Å². The molecule has 36 heavy (non-hydrogen) atoms. The molecule has 12 heteroatoms. The van der Waals surface area contributed by atoms with Gasteiger partial charge >= 0.3 is 0 Å². The van der Waals surface area contributed by atoms with Gasteiger partial charge in [-0.25, -0.2) is 8.42 Å². The SMILES string of the molecule is COc1ccc(N(CC(=O)N(Cc2c(Cl)cccc2Cl)[C@H](C)C(=O)NCC(C)C)S(C)(=O)=O)cc1Cl. The first-order valence-corrected chi connectivity index (χ1v) is 14.1. The number of amides is 2. The van der Waals surface area contributed by atoms with Crippen molar-refractivity contribution >= 4 is 62.3 Å². The van der Waals surface area contributed by atoms with E-state index in [0.29, 0.717) is 27.9 Å². The maximum Gasteiger partial charge on any atom is 0.244 e. The minimum Gasteiger partial charge on any atom is -0.495 e. The van der Waals surface area contributed by atoms with Crippen molar-refractivity contribution in [3.05, 3.63) is 57.0 Å². The molecular weight excluding hydrogens is 549 g/mol. The molecule has 0 saturated carbocycles. The molecule has 0 heterocycles. The standard InChI is InChI=1S/C24H30Cl3N3O5S/c1-15(2)12-28-24(32)16(3)29(13-18-19(25)7-6-8-20(18)26)23(31)14-30(36(5,33)34)17-9-10-22(35-4)21(27)11-17/h6-11,15-16H,12-14H2,1-5H3,(H,28,32)/t16-/m1/s1. The van der Waals surface area contributed by atoms with Crippen molar-refractivity contribution in [2.75, 3.05) is 30.8 Å². The largest absolute Gasteiger partial charge is 0.495 e. The van der Waals surface area contributed by atoms with Crippen LogP contribution in [0.15, 0.2) is 36.4 Å². The fourth-order valence-electron chi connectivity index (χ4n) is 3.31. The molecule has 2 aromatic rings. The van der Waals surface area contributed by atoms with Crippen molar-refractivity contribution in [2.24, 2.45) is 5.92 Å². The number of nitrogens with zero attached hydrogens (tertiary/aromatic N) is 2. The predicted octanol–water partition coefficient (Wildman–Crippen LogP) is 4.61. The third-order valence-electron chi connectivity index (χ3n) is 5.34. The molecule has 1 atom stereocenters. The summed E-state index contributed by atoms with van der Waals surface area (Å²) >= 11 is 18.9. The van der Waals surface area contributed by atoms with Crippen molar-refractivity contribution in [2.45, 2.75) is 33.4 Å². The van der Waals surface area contributed by atoms with E-state index in [1.54, 1.807) is 25.1 Å². The lowest BCUT2D eigenvalue weighted by atomic mass is 10.1. The molecule has 0 radical (unpaired) electrons. The molecule has 2 amide bonds. The molecule has 2 aromatic carbocycles. The van der Waals surface area contributed by atoms with Crippen LogP contribution in [-0.2, 0) is 26.2 Å². The highest BCUT2D eigenvalue weighted by Crippen LogP contribution is 2.31. The Morgan fingerprint density at radius 3 is 2.14 bits per heavy atom. The second-order valence-corrected chi connectivity index (χ2v) is 11.8. The summed E-state index contributed by atoms with van der Waals surface area (Å²) in [6, 6.07) is 8.34. The summed E-state index contributed by atoms with van der Waals surface area (Å²) in [5.41, 5.74) is 0.611. The summed E-state index contributed by atoms with van der Waals surface area (Å²) in [6.45, 7) is 5.19. The molecule has 0 aliphatic rings. The van der Waals surface area contributed by atoms with Gasteiger partial charge < -0.3 is 15.0 Å². The molecule has 0 aliphatic heterocycles. The normalized spacial score (nSPS) is 12.2. The lowest BCUT2D eigenvalue weighted by Gasteiger charge is -2.32. The molecule has 0 bridgehead atoms. The van der Waals surface area contributed by atoms with Gasteiger partial charge in [0.15, 0.2) is 0 Å². The van der Waals surface area contributed by atoms with Crippen molar-refractivity contribution in [3.8, 4) is 5.75 Å². The molecule has 2 rings (SSSR count). The van der Waals surface area contributed by atoms with Crippen LogP contribution in [0.1, 0.15) is 26.3 Å². The molecule has 0 unspecified atom stereocenters. The number of nitrogens with one attached hydrogen (secondary N) is 1. The minimum atomic E-state index is -3.91. The fourth-order valence-corrected chi connectivity index (χ4v) is 4.92. The highest BCUT2D eigenvalue weighted by atomic mass is 35.5. The van der Waals surface area contributed by atoms with Crippen LogP contribution in [0, 0.1) is 5.92 Å². The Hall–Kier alpha value is -2.20. The first kappa shape index (κ1) is 30.0. The first-order chi connectivity index (χ1) is 16.8. The average molecular weight is 579 g/mol. The third-order valence-corrected chi connectivity index (χ3v) is 7.49. The zero-order valence-corrected chi connectivity index (χ0v) is 23.8. The Kier molecular flexibility index (Phi) is 10.7. The number of hydrogen-bond acceptors (Lipinski definition) is 5. The van der Waals surface area contributed by atoms with E-state index in [2.05, 4.69) is 5.32 Å². The summed E-state index contributed by atoms with van der Waals surface area (Å²) in [5.74, 6) is -0.469. The van der Waals surface area contributed by atoms with Crippen LogP contribution >= 0.6 is 34.8 Å². The number of carbonyl (C=O) groups is 2. The van der Waals surface area contributed by atoms with Crippen LogP contribution in [0.3, 0.4) is 0 Å². The van der Waals surface area contributed by atoms with Crippen molar-refractivity contribution < 1.29 is 22.7 Å². The summed E-state index contributed by atoms with van der Waals surface area (Å²) in [7, 11) is -2.47. The van der Waals surface area contributed by atoms with E-state index in [9.17, 15) is 18.0 Å². The quantitative estimate of drug-likeness (QED) is 0.420. The molecule has 1 N–H and O–H groups in total. The molecule has 0 spiro atoms. The predicted molar refractivity (Wildman–Crippen MR) is 145 cm³/mol. The Morgan fingerprint density at radius 2 is 1.64 bits per heavy atom. The van der Waals surface area contributed by atoms with E-state index < -0.39 is 34.4 Å².